The minimum atomic E-state index is 0.294. The second kappa shape index (κ2) is 4.51. The van der Waals surface area contributed by atoms with E-state index in [0.717, 1.165) is 30.6 Å². The Balaban J connectivity index is 1.68. The first-order chi connectivity index (χ1) is 10.3. The van der Waals surface area contributed by atoms with Crippen molar-refractivity contribution in [3.05, 3.63) is 0 Å². The Kier molecular flexibility index (Phi) is 3.08. The fraction of sp³-hybridized carbons (Fsp3) is 0.950. The van der Waals surface area contributed by atoms with Crippen LogP contribution in [0.15, 0.2) is 0 Å². The fourth-order valence-electron chi connectivity index (χ4n) is 7.55. The molecule has 0 spiro atoms. The van der Waals surface area contributed by atoms with E-state index in [1.807, 2.05) is 0 Å². The quantitative estimate of drug-likeness (QED) is 0.699. The highest BCUT2D eigenvalue weighted by Crippen LogP contribution is 2.68. The smallest absolute Gasteiger partial charge is 0.220 e. The van der Waals surface area contributed by atoms with Gasteiger partial charge in [-0.3, -0.25) is 4.79 Å². The predicted octanol–water partition coefficient (Wildman–Crippen LogP) is 4.53. The molecule has 4 fully saturated rings. The Hall–Kier alpha value is -0.530. The van der Waals surface area contributed by atoms with Gasteiger partial charge in [0.05, 0.1) is 0 Å². The topological polar surface area (TPSA) is 29.1 Å². The summed E-state index contributed by atoms with van der Waals surface area (Å²) < 4.78 is 0. The van der Waals surface area contributed by atoms with Crippen molar-refractivity contribution in [3.63, 3.8) is 0 Å². The van der Waals surface area contributed by atoms with Crippen LogP contribution in [0.5, 0.6) is 0 Å². The Morgan fingerprint density at radius 3 is 2.50 bits per heavy atom. The zero-order valence-corrected chi connectivity index (χ0v) is 14.9. The van der Waals surface area contributed by atoms with Gasteiger partial charge >= 0.3 is 0 Å². The lowest BCUT2D eigenvalue weighted by Gasteiger charge is -2.61. The van der Waals surface area contributed by atoms with E-state index >= 15 is 0 Å². The third-order valence-electron chi connectivity index (χ3n) is 8.56. The molecular weight excluding hydrogens is 270 g/mol. The molecule has 3 saturated carbocycles. The first-order valence-electron chi connectivity index (χ1n) is 9.56. The number of hydrogen-bond donors (Lipinski definition) is 1. The summed E-state index contributed by atoms with van der Waals surface area (Å²) in [6.07, 6.45) is 10.1. The van der Waals surface area contributed by atoms with Gasteiger partial charge in [0, 0.05) is 12.5 Å². The van der Waals surface area contributed by atoms with Gasteiger partial charge < -0.3 is 5.32 Å². The third kappa shape index (κ3) is 1.88. The van der Waals surface area contributed by atoms with E-state index in [9.17, 15) is 4.79 Å². The largest absolute Gasteiger partial charge is 0.353 e. The number of carbonyl (C=O) groups is 1. The SMILES string of the molecule is CC1(C)CC[C@@]2(C)CC[C@@H]3[C@@H](CCC4NC(=O)CC[C@@]43C)[C@H]12. The molecule has 22 heavy (non-hydrogen) atoms. The maximum atomic E-state index is 11.8. The number of piperidine rings is 1. The Morgan fingerprint density at radius 2 is 1.73 bits per heavy atom. The average Bonchev–Trinajstić information content (AvgIpc) is 2.70. The molecule has 1 amide bonds. The molecule has 0 aromatic heterocycles. The molecule has 1 heterocycles. The van der Waals surface area contributed by atoms with Crippen LogP contribution in [0, 0.1) is 34.0 Å². The lowest BCUT2D eigenvalue weighted by atomic mass is 9.45. The molecule has 0 aromatic carbocycles. The molecule has 6 atom stereocenters. The predicted molar refractivity (Wildman–Crippen MR) is 89.3 cm³/mol. The van der Waals surface area contributed by atoms with Crippen molar-refractivity contribution in [2.24, 2.45) is 34.0 Å². The summed E-state index contributed by atoms with van der Waals surface area (Å²) in [6, 6.07) is 0.448. The van der Waals surface area contributed by atoms with Crippen LogP contribution in [0.2, 0.25) is 0 Å². The molecule has 2 nitrogen and oxygen atoms in total. The van der Waals surface area contributed by atoms with Gasteiger partial charge in [-0.15, -0.1) is 0 Å². The van der Waals surface area contributed by atoms with Crippen LogP contribution < -0.4 is 5.32 Å². The number of amides is 1. The van der Waals surface area contributed by atoms with E-state index < -0.39 is 0 Å². The van der Waals surface area contributed by atoms with Gasteiger partial charge in [0.25, 0.3) is 0 Å². The van der Waals surface area contributed by atoms with Crippen LogP contribution in [0.4, 0.5) is 0 Å². The molecule has 1 aliphatic heterocycles. The summed E-state index contributed by atoms with van der Waals surface area (Å²) in [5.74, 6) is 2.92. The van der Waals surface area contributed by atoms with E-state index in [1.165, 1.54) is 38.5 Å². The summed E-state index contributed by atoms with van der Waals surface area (Å²) in [6.45, 7) is 10.1. The van der Waals surface area contributed by atoms with Gasteiger partial charge in [-0.05, 0) is 78.9 Å². The van der Waals surface area contributed by atoms with Gasteiger partial charge in [-0.1, -0.05) is 27.7 Å². The van der Waals surface area contributed by atoms with E-state index in [1.54, 1.807) is 0 Å². The molecule has 2 heteroatoms. The standard InChI is InChI=1S/C20H33NO/c1-18(2)11-12-19(3)9-7-14-13(17(18)19)5-6-15-20(14,4)10-8-16(22)21-15/h13-15,17H,5-12H2,1-4H3,(H,21,22)/t13-,14-,15?,17-,19-,20-/m1/s1. The zero-order valence-electron chi connectivity index (χ0n) is 14.9. The van der Waals surface area contributed by atoms with Gasteiger partial charge in [0.1, 0.15) is 0 Å². The highest BCUT2D eigenvalue weighted by molar-refractivity contribution is 5.77. The van der Waals surface area contributed by atoms with Crippen molar-refractivity contribution >= 4 is 5.91 Å². The summed E-state index contributed by atoms with van der Waals surface area (Å²) in [5, 5.41) is 3.34. The number of carbonyl (C=O) groups excluding carboxylic acids is 1. The van der Waals surface area contributed by atoms with E-state index in [-0.39, 0.29) is 0 Å². The molecular formula is C20H33NO. The van der Waals surface area contributed by atoms with Crippen molar-refractivity contribution in [2.45, 2.75) is 85.1 Å². The van der Waals surface area contributed by atoms with Crippen LogP contribution in [-0.4, -0.2) is 11.9 Å². The minimum absolute atomic E-state index is 0.294. The maximum absolute atomic E-state index is 11.8. The van der Waals surface area contributed by atoms with Gasteiger partial charge in [0.15, 0.2) is 0 Å². The molecule has 4 aliphatic rings. The minimum Gasteiger partial charge on any atom is -0.353 e. The van der Waals surface area contributed by atoms with Crippen LogP contribution >= 0.6 is 0 Å². The number of rotatable bonds is 0. The Bertz CT molecular complexity index is 498. The molecule has 3 aliphatic carbocycles. The van der Waals surface area contributed by atoms with Crippen LogP contribution in [0.25, 0.3) is 0 Å². The Morgan fingerprint density at radius 1 is 0.955 bits per heavy atom. The monoisotopic (exact) mass is 303 g/mol. The number of nitrogens with one attached hydrogen (secondary N) is 1. The second-order valence-electron chi connectivity index (χ2n) is 10.1. The first kappa shape index (κ1) is 15.0. The Labute approximate surface area is 135 Å². The van der Waals surface area contributed by atoms with Gasteiger partial charge in [-0.25, -0.2) is 0 Å². The first-order valence-corrected chi connectivity index (χ1v) is 9.56. The molecule has 4 rings (SSSR count). The average molecular weight is 303 g/mol. The van der Waals surface area contributed by atoms with Crippen molar-refractivity contribution in [2.75, 3.05) is 0 Å². The highest BCUT2D eigenvalue weighted by Gasteiger charge is 2.62. The zero-order chi connectivity index (χ0) is 15.8. The van der Waals surface area contributed by atoms with Crippen molar-refractivity contribution in [1.29, 1.82) is 0 Å². The summed E-state index contributed by atoms with van der Waals surface area (Å²) in [4.78, 5) is 11.8. The molecule has 1 unspecified atom stereocenters. The van der Waals surface area contributed by atoms with Crippen molar-refractivity contribution in [3.8, 4) is 0 Å². The fourth-order valence-corrected chi connectivity index (χ4v) is 7.55. The lowest BCUT2D eigenvalue weighted by molar-refractivity contribution is -0.139. The normalized spacial score (nSPS) is 53.2. The molecule has 0 radical (unpaired) electrons. The van der Waals surface area contributed by atoms with Crippen LogP contribution in [0.3, 0.4) is 0 Å². The van der Waals surface area contributed by atoms with E-state index in [4.69, 9.17) is 0 Å². The number of fused-ring (bicyclic) bond motifs is 5. The molecule has 0 aromatic rings. The van der Waals surface area contributed by atoms with Crippen LogP contribution in [-0.2, 0) is 4.79 Å². The highest BCUT2D eigenvalue weighted by atomic mass is 16.1. The summed E-state index contributed by atoms with van der Waals surface area (Å²) in [5.41, 5.74) is 1.46. The van der Waals surface area contributed by atoms with Gasteiger partial charge in [-0.2, -0.15) is 0 Å². The third-order valence-corrected chi connectivity index (χ3v) is 8.56. The van der Waals surface area contributed by atoms with E-state index in [2.05, 4.69) is 33.0 Å². The van der Waals surface area contributed by atoms with Gasteiger partial charge in [0.2, 0.25) is 5.91 Å². The lowest BCUT2D eigenvalue weighted by Crippen LogP contribution is -2.61. The summed E-state index contributed by atoms with van der Waals surface area (Å²) >= 11 is 0. The summed E-state index contributed by atoms with van der Waals surface area (Å²) in [7, 11) is 0. The van der Waals surface area contributed by atoms with Crippen LogP contribution in [0.1, 0.15) is 79.1 Å². The molecule has 1 saturated heterocycles. The molecule has 1 N–H and O–H groups in total. The maximum Gasteiger partial charge on any atom is 0.220 e. The molecule has 124 valence electrons. The van der Waals surface area contributed by atoms with Crippen molar-refractivity contribution in [1.82, 2.24) is 5.32 Å². The number of hydrogen-bond acceptors (Lipinski definition) is 1. The van der Waals surface area contributed by atoms with Crippen molar-refractivity contribution < 1.29 is 4.79 Å². The van der Waals surface area contributed by atoms with E-state index in [0.29, 0.717) is 28.2 Å². The molecule has 0 bridgehead atoms. The second-order valence-corrected chi connectivity index (χ2v) is 10.1.